The van der Waals surface area contributed by atoms with E-state index in [9.17, 15) is 21.6 Å². The third kappa shape index (κ3) is 6.25. The summed E-state index contributed by atoms with van der Waals surface area (Å²) in [4.78, 5) is 0. The van der Waals surface area contributed by atoms with Crippen LogP contribution in [0.15, 0.2) is 24.3 Å². The van der Waals surface area contributed by atoms with E-state index in [1.807, 2.05) is 0 Å². The van der Waals surface area contributed by atoms with Gasteiger partial charge in [-0.1, -0.05) is 37.2 Å². The Kier molecular flexibility index (Phi) is 6.73. The first-order chi connectivity index (χ1) is 11.8. The van der Waals surface area contributed by atoms with Crippen LogP contribution in [0.5, 0.6) is 5.75 Å². The molecule has 0 bridgehead atoms. The summed E-state index contributed by atoms with van der Waals surface area (Å²) in [6.45, 7) is -0.156. The molecule has 1 aromatic rings. The second kappa shape index (κ2) is 8.59. The predicted octanol–water partition coefficient (Wildman–Crippen LogP) is 3.34. The molecule has 1 aliphatic rings. The fourth-order valence-corrected chi connectivity index (χ4v) is 4.09. The Morgan fingerprint density at radius 1 is 1.16 bits per heavy atom. The van der Waals surface area contributed by atoms with Gasteiger partial charge in [-0.25, -0.2) is 13.1 Å². The van der Waals surface area contributed by atoms with Crippen LogP contribution in [0.3, 0.4) is 0 Å². The molecule has 0 aliphatic heterocycles. The molecule has 4 nitrogen and oxygen atoms in total. The van der Waals surface area contributed by atoms with Crippen molar-refractivity contribution in [3.05, 3.63) is 29.8 Å². The van der Waals surface area contributed by atoms with E-state index in [0.717, 1.165) is 31.4 Å². The molecule has 1 N–H and O–H groups in total. The highest BCUT2D eigenvalue weighted by molar-refractivity contribution is 7.90. The molecule has 25 heavy (non-hydrogen) atoms. The van der Waals surface area contributed by atoms with Gasteiger partial charge in [-0.15, -0.1) is 0 Å². The van der Waals surface area contributed by atoms with Crippen LogP contribution >= 0.6 is 0 Å². The molecule has 0 spiro atoms. The first-order valence-corrected chi connectivity index (χ1v) is 9.58. The van der Waals surface area contributed by atoms with Gasteiger partial charge in [-0.2, -0.15) is 13.2 Å². The number of nitrogens with one attached hydrogen (secondary N) is 1. The number of hydrogen-bond donors (Lipinski definition) is 1. The minimum atomic E-state index is -4.43. The normalized spacial score (nSPS) is 16.1. The highest BCUT2D eigenvalue weighted by Crippen LogP contribution is 2.31. The van der Waals surface area contributed by atoms with Crippen LogP contribution < -0.4 is 9.46 Å². The maximum absolute atomic E-state index is 12.6. The number of alkyl halides is 3. The quantitative estimate of drug-likeness (QED) is 0.803. The maximum Gasteiger partial charge on any atom is 0.416 e. The number of rotatable bonds is 5. The Balaban J connectivity index is 1.78. The molecular formula is C17H20F3NO3S. The molecule has 0 atom stereocenters. The van der Waals surface area contributed by atoms with E-state index >= 15 is 0 Å². The second-order valence-electron chi connectivity index (χ2n) is 5.79. The molecule has 0 aromatic heterocycles. The molecule has 1 fully saturated rings. The smallest absolute Gasteiger partial charge is 0.416 e. The van der Waals surface area contributed by atoms with E-state index in [1.165, 1.54) is 12.1 Å². The highest BCUT2D eigenvalue weighted by Gasteiger charge is 2.30. The largest absolute Gasteiger partial charge is 0.481 e. The minimum Gasteiger partial charge on any atom is -0.481 e. The third-order valence-electron chi connectivity index (χ3n) is 3.95. The maximum atomic E-state index is 12.6. The van der Waals surface area contributed by atoms with E-state index in [-0.39, 0.29) is 24.2 Å². The van der Waals surface area contributed by atoms with Crippen molar-refractivity contribution in [2.75, 3.05) is 13.2 Å². The van der Waals surface area contributed by atoms with Gasteiger partial charge in [-0.3, -0.25) is 0 Å². The van der Waals surface area contributed by atoms with Crippen LogP contribution in [-0.2, 0) is 16.2 Å². The Morgan fingerprint density at radius 2 is 1.88 bits per heavy atom. The summed E-state index contributed by atoms with van der Waals surface area (Å²) < 4.78 is 69.4. The molecule has 0 saturated heterocycles. The minimum absolute atomic E-state index is 0.0369. The molecule has 0 heterocycles. The Bertz CT molecular complexity index is 729. The van der Waals surface area contributed by atoms with Crippen LogP contribution in [0.25, 0.3) is 0 Å². The van der Waals surface area contributed by atoms with E-state index in [4.69, 9.17) is 4.74 Å². The van der Waals surface area contributed by atoms with E-state index in [0.29, 0.717) is 12.8 Å². The number of hydrogen-bond acceptors (Lipinski definition) is 3. The van der Waals surface area contributed by atoms with Gasteiger partial charge in [0.05, 0.1) is 17.4 Å². The summed E-state index contributed by atoms with van der Waals surface area (Å²) in [5.41, 5.74) is -0.793. The topological polar surface area (TPSA) is 55.4 Å². The molecule has 1 aliphatic carbocycles. The molecule has 0 amide bonds. The van der Waals surface area contributed by atoms with Crippen LogP contribution in [0, 0.1) is 11.8 Å². The average Bonchev–Trinajstić information content (AvgIpc) is 2.58. The van der Waals surface area contributed by atoms with Crippen LogP contribution in [-0.4, -0.2) is 26.8 Å². The van der Waals surface area contributed by atoms with Crippen molar-refractivity contribution in [3.63, 3.8) is 0 Å². The van der Waals surface area contributed by atoms with Crippen molar-refractivity contribution in [1.29, 1.82) is 0 Å². The van der Waals surface area contributed by atoms with Crippen molar-refractivity contribution >= 4 is 10.0 Å². The lowest BCUT2D eigenvalue weighted by molar-refractivity contribution is -0.137. The Labute approximate surface area is 145 Å². The summed E-state index contributed by atoms with van der Waals surface area (Å²) in [7, 11) is -3.36. The molecule has 0 unspecified atom stereocenters. The Hall–Kier alpha value is -1.72. The zero-order chi connectivity index (χ0) is 18.3. The fourth-order valence-electron chi connectivity index (χ4n) is 2.63. The zero-order valence-corrected chi connectivity index (χ0v) is 14.4. The lowest BCUT2D eigenvalue weighted by Gasteiger charge is -2.21. The number of sulfonamides is 1. The standard InChI is InChI=1S/C17H20F3NO3S/c18-17(19,20)14-7-6-8-15(13-14)24-12-5-4-11-21-25(22,23)16-9-2-1-3-10-16/h6-8,13,16,21H,1-3,9-12H2. The molecule has 8 heteroatoms. The second-order valence-corrected chi connectivity index (χ2v) is 7.84. The van der Waals surface area contributed by atoms with Gasteiger partial charge in [-0.05, 0) is 31.0 Å². The lowest BCUT2D eigenvalue weighted by Crippen LogP contribution is -2.35. The molecule has 138 valence electrons. The first kappa shape index (κ1) is 19.6. The van der Waals surface area contributed by atoms with Crippen molar-refractivity contribution in [1.82, 2.24) is 4.72 Å². The lowest BCUT2D eigenvalue weighted by atomic mass is 10.0. The first-order valence-electron chi connectivity index (χ1n) is 8.03. The van der Waals surface area contributed by atoms with Crippen molar-refractivity contribution in [3.8, 4) is 17.6 Å². The van der Waals surface area contributed by atoms with Gasteiger partial charge in [0.15, 0.2) is 0 Å². The van der Waals surface area contributed by atoms with E-state index < -0.39 is 21.8 Å². The van der Waals surface area contributed by atoms with Crippen molar-refractivity contribution in [2.24, 2.45) is 0 Å². The van der Waals surface area contributed by atoms with E-state index in [1.54, 1.807) is 0 Å². The predicted molar refractivity (Wildman–Crippen MR) is 88.5 cm³/mol. The average molecular weight is 375 g/mol. The zero-order valence-electron chi connectivity index (χ0n) is 13.6. The molecular weight excluding hydrogens is 355 g/mol. The third-order valence-corrected chi connectivity index (χ3v) is 5.85. The fraction of sp³-hybridized carbons (Fsp3) is 0.529. The Morgan fingerprint density at radius 3 is 2.56 bits per heavy atom. The molecule has 0 radical (unpaired) electrons. The van der Waals surface area contributed by atoms with Crippen molar-refractivity contribution < 1.29 is 26.3 Å². The van der Waals surface area contributed by atoms with Gasteiger partial charge in [0.2, 0.25) is 10.0 Å². The summed E-state index contributed by atoms with van der Waals surface area (Å²) >= 11 is 0. The van der Waals surface area contributed by atoms with Gasteiger partial charge in [0, 0.05) is 0 Å². The SMILES string of the molecule is O=S(=O)(NCC#CCOc1cccc(C(F)(F)F)c1)C1CCCCC1. The molecule has 2 rings (SSSR count). The van der Waals surface area contributed by atoms with Gasteiger partial charge < -0.3 is 4.74 Å². The van der Waals surface area contributed by atoms with Crippen LogP contribution in [0.4, 0.5) is 13.2 Å². The molecule has 1 aromatic carbocycles. The molecule has 1 saturated carbocycles. The van der Waals surface area contributed by atoms with Gasteiger partial charge >= 0.3 is 6.18 Å². The number of halogens is 3. The summed E-state index contributed by atoms with van der Waals surface area (Å²) in [6, 6.07) is 4.51. The van der Waals surface area contributed by atoms with Gasteiger partial charge in [0.25, 0.3) is 0 Å². The summed E-state index contributed by atoms with van der Waals surface area (Å²) in [6.07, 6.45) is -0.186. The summed E-state index contributed by atoms with van der Waals surface area (Å²) in [5.74, 6) is 5.26. The number of benzene rings is 1. The summed E-state index contributed by atoms with van der Waals surface area (Å²) in [5, 5.41) is -0.357. The highest BCUT2D eigenvalue weighted by atomic mass is 32.2. The van der Waals surface area contributed by atoms with Crippen LogP contribution in [0.2, 0.25) is 0 Å². The van der Waals surface area contributed by atoms with E-state index in [2.05, 4.69) is 16.6 Å². The monoisotopic (exact) mass is 375 g/mol. The van der Waals surface area contributed by atoms with Crippen molar-refractivity contribution in [2.45, 2.75) is 43.5 Å². The van der Waals surface area contributed by atoms with Gasteiger partial charge in [0.1, 0.15) is 12.4 Å². The van der Waals surface area contributed by atoms with Crippen LogP contribution in [0.1, 0.15) is 37.7 Å². The number of ether oxygens (including phenoxy) is 1.